The maximum Gasteiger partial charge on any atom is 0.160 e. The number of rotatable bonds is 6. The molecule has 2 nitrogen and oxygen atoms in total. The topological polar surface area (TPSA) is 25.8 Å². The lowest BCUT2D eigenvalue weighted by molar-refractivity contribution is 1.18. The van der Waals surface area contributed by atoms with Gasteiger partial charge in [0.2, 0.25) is 0 Å². The molecule has 0 aliphatic rings. The highest BCUT2D eigenvalue weighted by molar-refractivity contribution is 7.25. The van der Waals surface area contributed by atoms with Crippen LogP contribution in [0.4, 0.5) is 0 Å². The Kier molecular flexibility index (Phi) is 7.71. The first-order valence-electron chi connectivity index (χ1n) is 17.9. The molecule has 248 valence electrons. The van der Waals surface area contributed by atoms with Gasteiger partial charge < -0.3 is 0 Å². The van der Waals surface area contributed by atoms with Crippen molar-refractivity contribution in [2.75, 3.05) is 0 Å². The van der Waals surface area contributed by atoms with Crippen molar-refractivity contribution in [3.05, 3.63) is 194 Å². The van der Waals surface area contributed by atoms with Gasteiger partial charge in [-0.3, -0.25) is 0 Å². The number of nitrogens with zero attached hydrogens (tertiary/aromatic N) is 2. The van der Waals surface area contributed by atoms with E-state index in [1.165, 1.54) is 36.5 Å². The lowest BCUT2D eigenvalue weighted by atomic mass is 9.85. The average Bonchev–Trinajstić information content (AvgIpc) is 3.62. The maximum absolute atomic E-state index is 5.38. The van der Waals surface area contributed by atoms with Crippen molar-refractivity contribution in [2.24, 2.45) is 0 Å². The highest BCUT2D eigenvalue weighted by Crippen LogP contribution is 2.45. The number of fused-ring (bicyclic) bond motifs is 4. The zero-order valence-corrected chi connectivity index (χ0v) is 29.6. The van der Waals surface area contributed by atoms with Gasteiger partial charge in [-0.2, -0.15) is 0 Å². The normalized spacial score (nSPS) is 11.4. The van der Waals surface area contributed by atoms with Gasteiger partial charge in [0, 0.05) is 36.9 Å². The maximum atomic E-state index is 5.38. The van der Waals surface area contributed by atoms with E-state index in [-0.39, 0.29) is 0 Å². The van der Waals surface area contributed by atoms with E-state index < -0.39 is 0 Å². The van der Waals surface area contributed by atoms with Crippen LogP contribution in [0.3, 0.4) is 0 Å². The summed E-state index contributed by atoms with van der Waals surface area (Å²) in [4.78, 5) is 10.5. The van der Waals surface area contributed by atoms with Crippen molar-refractivity contribution in [3.63, 3.8) is 0 Å². The van der Waals surface area contributed by atoms with Crippen molar-refractivity contribution in [3.8, 4) is 67.3 Å². The zero-order valence-electron chi connectivity index (χ0n) is 28.8. The molecule has 0 spiro atoms. The van der Waals surface area contributed by atoms with Crippen LogP contribution >= 0.6 is 11.3 Å². The quantitative estimate of drug-likeness (QED) is 0.173. The SMILES string of the molecule is c1ccc(-c2cc(-c3cc(-c4ccc5sc6ccccc6c5c4)cc(-c4ccc5ccccc5c4)c3-c3ccccc3)nc(-c3ccccc3)n2)cc1. The Hall–Kier alpha value is -6.68. The molecular formula is C50H32N2S. The Balaban J connectivity index is 1.30. The summed E-state index contributed by atoms with van der Waals surface area (Å²) < 4.78 is 2.60. The lowest BCUT2D eigenvalue weighted by Gasteiger charge is -2.20. The number of benzene rings is 8. The van der Waals surface area contributed by atoms with Crippen LogP contribution in [0, 0.1) is 0 Å². The monoisotopic (exact) mass is 692 g/mol. The van der Waals surface area contributed by atoms with E-state index in [4.69, 9.17) is 9.97 Å². The van der Waals surface area contributed by atoms with Gasteiger partial charge in [0.1, 0.15) is 0 Å². The van der Waals surface area contributed by atoms with Crippen molar-refractivity contribution in [1.82, 2.24) is 9.97 Å². The molecule has 0 fully saturated rings. The van der Waals surface area contributed by atoms with Gasteiger partial charge in [-0.15, -0.1) is 11.3 Å². The fraction of sp³-hybridized carbons (Fsp3) is 0. The molecule has 0 saturated heterocycles. The Labute approximate surface area is 312 Å². The zero-order chi connectivity index (χ0) is 35.1. The molecule has 0 radical (unpaired) electrons. The average molecular weight is 693 g/mol. The van der Waals surface area contributed by atoms with Crippen LogP contribution in [0.2, 0.25) is 0 Å². The van der Waals surface area contributed by atoms with E-state index in [2.05, 4.69) is 170 Å². The highest BCUT2D eigenvalue weighted by atomic mass is 32.1. The minimum absolute atomic E-state index is 0.699. The van der Waals surface area contributed by atoms with E-state index in [1.54, 1.807) is 0 Å². The van der Waals surface area contributed by atoms with Crippen molar-refractivity contribution in [2.45, 2.75) is 0 Å². The molecular weight excluding hydrogens is 661 g/mol. The Morgan fingerprint density at radius 2 is 0.925 bits per heavy atom. The van der Waals surface area contributed by atoms with Crippen molar-refractivity contribution in [1.29, 1.82) is 0 Å². The Morgan fingerprint density at radius 3 is 1.72 bits per heavy atom. The van der Waals surface area contributed by atoms with Gasteiger partial charge in [0.25, 0.3) is 0 Å². The standard InChI is InChI=1S/C50H32N2S/c1-4-15-34(16-5-1)45-32-46(52-50(51-45)36-19-8-3-9-20-36)44-31-40(38-26-27-48-43(29-38)41-22-12-13-23-47(41)53-48)30-42(49(44)35-17-6-2-7-18-35)39-25-24-33-14-10-11-21-37(33)28-39/h1-32H. The van der Waals surface area contributed by atoms with Gasteiger partial charge in [0.15, 0.2) is 5.82 Å². The molecule has 0 N–H and O–H groups in total. The first-order chi connectivity index (χ1) is 26.2. The second-order valence-corrected chi connectivity index (χ2v) is 14.5. The molecule has 0 atom stereocenters. The van der Waals surface area contributed by atoms with Gasteiger partial charge in [0.05, 0.1) is 11.4 Å². The predicted octanol–water partition coefficient (Wildman–Crippen LogP) is 14.0. The number of hydrogen-bond acceptors (Lipinski definition) is 3. The summed E-state index contributed by atoms with van der Waals surface area (Å²) in [5.41, 5.74) is 11.8. The van der Waals surface area contributed by atoms with Crippen molar-refractivity contribution >= 4 is 42.3 Å². The van der Waals surface area contributed by atoms with Crippen LogP contribution in [0.25, 0.3) is 98.2 Å². The van der Waals surface area contributed by atoms with E-state index >= 15 is 0 Å². The molecule has 0 unspecified atom stereocenters. The van der Waals surface area contributed by atoms with Gasteiger partial charge >= 0.3 is 0 Å². The smallest absolute Gasteiger partial charge is 0.160 e. The van der Waals surface area contributed by atoms with Crippen LogP contribution in [-0.2, 0) is 0 Å². The fourth-order valence-electron chi connectivity index (χ4n) is 7.48. The summed E-state index contributed by atoms with van der Waals surface area (Å²) in [5.74, 6) is 0.699. The largest absolute Gasteiger partial charge is 0.228 e. The molecule has 2 aromatic heterocycles. The third kappa shape index (κ3) is 5.78. The van der Waals surface area contributed by atoms with Crippen molar-refractivity contribution < 1.29 is 0 Å². The highest BCUT2D eigenvalue weighted by Gasteiger charge is 2.21. The van der Waals surface area contributed by atoms with Crippen LogP contribution < -0.4 is 0 Å². The fourth-order valence-corrected chi connectivity index (χ4v) is 8.56. The molecule has 2 heterocycles. The first-order valence-corrected chi connectivity index (χ1v) is 18.7. The summed E-state index contributed by atoms with van der Waals surface area (Å²) in [6.45, 7) is 0. The van der Waals surface area contributed by atoms with Gasteiger partial charge in [-0.05, 0) is 86.6 Å². The molecule has 8 aromatic carbocycles. The molecule has 10 rings (SSSR count). The van der Waals surface area contributed by atoms with E-state index in [0.717, 1.165) is 55.9 Å². The van der Waals surface area contributed by atoms with Crippen LogP contribution in [0.5, 0.6) is 0 Å². The molecule has 53 heavy (non-hydrogen) atoms. The summed E-state index contributed by atoms with van der Waals surface area (Å²) >= 11 is 1.85. The van der Waals surface area contributed by atoms with Crippen LogP contribution in [-0.4, -0.2) is 9.97 Å². The lowest BCUT2D eigenvalue weighted by Crippen LogP contribution is -1.99. The third-order valence-corrected chi connectivity index (χ3v) is 11.2. The summed E-state index contributed by atoms with van der Waals surface area (Å²) in [7, 11) is 0. The van der Waals surface area contributed by atoms with Gasteiger partial charge in [-0.1, -0.05) is 152 Å². The first kappa shape index (κ1) is 31.1. The predicted molar refractivity (Wildman–Crippen MR) is 225 cm³/mol. The second-order valence-electron chi connectivity index (χ2n) is 13.4. The summed E-state index contributed by atoms with van der Waals surface area (Å²) in [6, 6.07) is 69.4. The molecule has 0 aliphatic carbocycles. The Morgan fingerprint density at radius 1 is 0.321 bits per heavy atom. The molecule has 3 heteroatoms. The minimum Gasteiger partial charge on any atom is -0.228 e. The second kappa shape index (κ2) is 13.1. The third-order valence-electron chi connectivity index (χ3n) is 10.1. The molecule has 0 bridgehead atoms. The Bertz CT molecular complexity index is 2870. The van der Waals surface area contributed by atoms with E-state index in [9.17, 15) is 0 Å². The van der Waals surface area contributed by atoms with E-state index in [0.29, 0.717) is 5.82 Å². The molecule has 0 aliphatic heterocycles. The van der Waals surface area contributed by atoms with Crippen LogP contribution in [0.15, 0.2) is 194 Å². The van der Waals surface area contributed by atoms with Crippen LogP contribution in [0.1, 0.15) is 0 Å². The molecule has 0 amide bonds. The summed E-state index contributed by atoms with van der Waals surface area (Å²) in [6.07, 6.45) is 0. The van der Waals surface area contributed by atoms with Gasteiger partial charge in [-0.25, -0.2) is 9.97 Å². The van der Waals surface area contributed by atoms with E-state index in [1.807, 2.05) is 35.6 Å². The molecule has 0 saturated carbocycles. The summed E-state index contributed by atoms with van der Waals surface area (Å²) in [5, 5.41) is 5.01. The molecule has 10 aromatic rings. The number of thiophene rings is 1. The minimum atomic E-state index is 0.699. The number of hydrogen-bond donors (Lipinski definition) is 0. The number of aromatic nitrogens is 2.